The summed E-state index contributed by atoms with van der Waals surface area (Å²) >= 11 is 0. The van der Waals surface area contributed by atoms with Crippen LogP contribution >= 0.6 is 0 Å². The number of aromatic carboxylic acids is 1. The summed E-state index contributed by atoms with van der Waals surface area (Å²) in [7, 11) is 1.30. The molecule has 1 aromatic rings. The molecule has 0 radical (unpaired) electrons. The number of carboxylic acids is 1. The Morgan fingerprint density at radius 3 is 2.54 bits per heavy atom. The Kier molecular flexibility index (Phi) is 3.55. The maximum absolute atomic E-state index is 12.6. The number of hydrogen-bond donors (Lipinski definition) is 2. The van der Waals surface area contributed by atoms with Crippen LogP contribution in [0.3, 0.4) is 0 Å². The van der Waals surface area contributed by atoms with E-state index in [1.165, 1.54) is 13.2 Å². The molecule has 2 aliphatic heterocycles. The van der Waals surface area contributed by atoms with Crippen LogP contribution in [0.2, 0.25) is 0 Å². The van der Waals surface area contributed by atoms with Crippen molar-refractivity contribution in [2.75, 3.05) is 7.11 Å². The van der Waals surface area contributed by atoms with Crippen LogP contribution in [0.1, 0.15) is 43.9 Å². The number of hydrogen-bond acceptors (Lipinski definition) is 6. The zero-order valence-electron chi connectivity index (χ0n) is 12.5. The van der Waals surface area contributed by atoms with Gasteiger partial charge in [-0.3, -0.25) is 29.4 Å². The van der Waals surface area contributed by atoms with Gasteiger partial charge in [-0.1, -0.05) is 0 Å². The summed E-state index contributed by atoms with van der Waals surface area (Å²) in [4.78, 5) is 60.5. The lowest BCUT2D eigenvalue weighted by atomic mass is 10.0. The molecular formula is C15H12N2O7. The number of carboxylic acid groups (broad SMARTS) is 1. The highest BCUT2D eigenvalue weighted by molar-refractivity contribution is 6.26. The van der Waals surface area contributed by atoms with Crippen LogP contribution in [0.15, 0.2) is 12.1 Å². The number of carbonyl (C=O) groups excluding carboxylic acids is 4. The van der Waals surface area contributed by atoms with E-state index in [1.54, 1.807) is 0 Å². The first-order chi connectivity index (χ1) is 11.3. The highest BCUT2D eigenvalue weighted by Crippen LogP contribution is 2.33. The van der Waals surface area contributed by atoms with Crippen LogP contribution in [0, 0.1) is 0 Å². The number of fused-ring (bicyclic) bond motifs is 1. The number of piperidine rings is 1. The second-order valence-corrected chi connectivity index (χ2v) is 5.35. The van der Waals surface area contributed by atoms with Gasteiger partial charge < -0.3 is 9.84 Å². The first-order valence-corrected chi connectivity index (χ1v) is 7.02. The maximum Gasteiger partial charge on any atom is 0.336 e. The Labute approximate surface area is 135 Å². The summed E-state index contributed by atoms with van der Waals surface area (Å²) in [5.74, 6) is -4.19. The monoisotopic (exact) mass is 332 g/mol. The molecule has 1 atom stereocenters. The van der Waals surface area contributed by atoms with E-state index in [2.05, 4.69) is 5.32 Å². The number of nitrogens with zero attached hydrogens (tertiary/aromatic N) is 1. The molecule has 2 N–H and O–H groups in total. The average molecular weight is 332 g/mol. The highest BCUT2D eigenvalue weighted by atomic mass is 16.5. The highest BCUT2D eigenvalue weighted by Gasteiger charge is 2.46. The van der Waals surface area contributed by atoms with Gasteiger partial charge in [0.25, 0.3) is 11.8 Å². The fourth-order valence-electron chi connectivity index (χ4n) is 2.86. The molecule has 24 heavy (non-hydrogen) atoms. The standard InChI is InChI=1S/C15H12N2O7/c1-24-6-4-7-11(8(5-6)15(22)23)14(21)17(13(7)20)9-2-3-10(18)16-12(9)19/h4-5,9H,2-3H2,1H3,(H,22,23)(H,16,18,19). The molecule has 1 saturated heterocycles. The van der Waals surface area contributed by atoms with Crippen LogP contribution in [-0.2, 0) is 9.59 Å². The number of carbonyl (C=O) groups is 5. The molecule has 9 nitrogen and oxygen atoms in total. The molecule has 0 aliphatic carbocycles. The van der Waals surface area contributed by atoms with Crippen molar-refractivity contribution in [2.24, 2.45) is 0 Å². The fourth-order valence-corrected chi connectivity index (χ4v) is 2.86. The van der Waals surface area contributed by atoms with Gasteiger partial charge in [-0.15, -0.1) is 0 Å². The van der Waals surface area contributed by atoms with E-state index in [1.807, 2.05) is 0 Å². The van der Waals surface area contributed by atoms with Crippen molar-refractivity contribution in [1.29, 1.82) is 0 Å². The van der Waals surface area contributed by atoms with Crippen molar-refractivity contribution >= 4 is 29.6 Å². The van der Waals surface area contributed by atoms with Crippen molar-refractivity contribution in [3.05, 3.63) is 28.8 Å². The largest absolute Gasteiger partial charge is 0.497 e. The van der Waals surface area contributed by atoms with Crippen molar-refractivity contribution in [2.45, 2.75) is 18.9 Å². The van der Waals surface area contributed by atoms with Crippen LogP contribution in [0.5, 0.6) is 5.75 Å². The molecule has 1 aromatic carbocycles. The van der Waals surface area contributed by atoms with Gasteiger partial charge in [-0.05, 0) is 18.6 Å². The lowest BCUT2D eigenvalue weighted by molar-refractivity contribution is -0.136. The molecule has 2 aliphatic rings. The van der Waals surface area contributed by atoms with Gasteiger partial charge in [0.15, 0.2) is 0 Å². The zero-order valence-corrected chi connectivity index (χ0v) is 12.5. The minimum atomic E-state index is -1.39. The van der Waals surface area contributed by atoms with E-state index in [0.29, 0.717) is 4.90 Å². The minimum absolute atomic E-state index is 0.00429. The smallest absolute Gasteiger partial charge is 0.336 e. The summed E-state index contributed by atoms with van der Waals surface area (Å²) in [5.41, 5.74) is -0.794. The average Bonchev–Trinajstić information content (AvgIpc) is 2.78. The van der Waals surface area contributed by atoms with Gasteiger partial charge in [0, 0.05) is 6.42 Å². The van der Waals surface area contributed by atoms with Gasteiger partial charge in [0.2, 0.25) is 11.8 Å². The van der Waals surface area contributed by atoms with E-state index in [-0.39, 0.29) is 35.3 Å². The number of amides is 4. The lowest BCUT2D eigenvalue weighted by Crippen LogP contribution is -2.54. The van der Waals surface area contributed by atoms with Gasteiger partial charge >= 0.3 is 5.97 Å². The predicted molar refractivity (Wildman–Crippen MR) is 76.6 cm³/mol. The van der Waals surface area contributed by atoms with Gasteiger partial charge in [-0.2, -0.15) is 0 Å². The predicted octanol–water partition coefficient (Wildman–Crippen LogP) is -0.205. The summed E-state index contributed by atoms with van der Waals surface area (Å²) in [6.07, 6.45) is -0.0193. The molecule has 0 aromatic heterocycles. The molecule has 9 heteroatoms. The summed E-state index contributed by atoms with van der Waals surface area (Å²) < 4.78 is 4.96. The van der Waals surface area contributed by atoms with Crippen molar-refractivity contribution < 1.29 is 33.8 Å². The molecule has 0 bridgehead atoms. The number of methoxy groups -OCH3 is 1. The Morgan fingerprint density at radius 1 is 1.25 bits per heavy atom. The normalized spacial score (nSPS) is 20.0. The van der Waals surface area contributed by atoms with Crippen LogP contribution in [0.25, 0.3) is 0 Å². The third-order valence-electron chi connectivity index (χ3n) is 3.98. The maximum atomic E-state index is 12.6. The van der Waals surface area contributed by atoms with E-state index in [4.69, 9.17) is 4.74 Å². The van der Waals surface area contributed by atoms with Crippen molar-refractivity contribution in [3.8, 4) is 5.75 Å². The third-order valence-corrected chi connectivity index (χ3v) is 3.98. The van der Waals surface area contributed by atoms with Crippen LogP contribution < -0.4 is 10.1 Å². The number of ether oxygens (including phenoxy) is 1. The Morgan fingerprint density at radius 2 is 1.96 bits per heavy atom. The molecule has 0 spiro atoms. The number of benzene rings is 1. The second kappa shape index (κ2) is 5.44. The van der Waals surface area contributed by atoms with E-state index < -0.39 is 35.6 Å². The van der Waals surface area contributed by atoms with Crippen LogP contribution in [-0.4, -0.2) is 52.8 Å². The molecular weight excluding hydrogens is 320 g/mol. The molecule has 1 unspecified atom stereocenters. The molecule has 1 fully saturated rings. The summed E-state index contributed by atoms with van der Waals surface area (Å²) in [6.45, 7) is 0. The summed E-state index contributed by atoms with van der Waals surface area (Å²) in [6, 6.07) is 1.25. The van der Waals surface area contributed by atoms with Gasteiger partial charge in [0.1, 0.15) is 11.8 Å². The first kappa shape index (κ1) is 15.7. The number of imide groups is 2. The van der Waals surface area contributed by atoms with Gasteiger partial charge in [0.05, 0.1) is 23.8 Å². The van der Waals surface area contributed by atoms with Crippen molar-refractivity contribution in [1.82, 2.24) is 10.2 Å². The summed E-state index contributed by atoms with van der Waals surface area (Å²) in [5, 5.41) is 11.4. The molecule has 4 amide bonds. The first-order valence-electron chi connectivity index (χ1n) is 7.02. The van der Waals surface area contributed by atoms with Crippen molar-refractivity contribution in [3.63, 3.8) is 0 Å². The Hall–Kier alpha value is -3.23. The number of nitrogens with one attached hydrogen (secondary N) is 1. The Balaban J connectivity index is 2.08. The quantitative estimate of drug-likeness (QED) is 0.733. The fraction of sp³-hybridized carbons (Fsp3) is 0.267. The topological polar surface area (TPSA) is 130 Å². The minimum Gasteiger partial charge on any atom is -0.497 e. The molecule has 2 heterocycles. The molecule has 3 rings (SSSR count). The van der Waals surface area contributed by atoms with Crippen LogP contribution in [0.4, 0.5) is 0 Å². The van der Waals surface area contributed by atoms with Gasteiger partial charge in [-0.25, -0.2) is 4.79 Å². The Bertz CT molecular complexity index is 814. The second-order valence-electron chi connectivity index (χ2n) is 5.35. The lowest BCUT2D eigenvalue weighted by Gasteiger charge is -2.27. The van der Waals surface area contributed by atoms with E-state index in [9.17, 15) is 29.1 Å². The van der Waals surface area contributed by atoms with E-state index >= 15 is 0 Å². The third kappa shape index (κ3) is 2.21. The zero-order chi connectivity index (χ0) is 17.6. The van der Waals surface area contributed by atoms with E-state index in [0.717, 1.165) is 6.07 Å². The number of rotatable bonds is 3. The molecule has 0 saturated carbocycles. The molecule has 124 valence electrons. The SMILES string of the molecule is COc1cc(C(=O)O)c2c(c1)C(=O)N(C1CCC(=O)NC1=O)C2=O.